The number of nitrogens with zero attached hydrogens (tertiary/aromatic N) is 4. The number of Topliss-reactive ketones (excluding diaryl/α,β-unsaturated/α-hetero) is 1. The van der Waals surface area contributed by atoms with Crippen LogP contribution in [0, 0.1) is 10.1 Å². The van der Waals surface area contributed by atoms with Crippen molar-refractivity contribution in [2.24, 2.45) is 0 Å². The van der Waals surface area contributed by atoms with Gasteiger partial charge >= 0.3 is 5.95 Å². The van der Waals surface area contributed by atoms with E-state index in [1.165, 1.54) is 4.68 Å². The second kappa shape index (κ2) is 5.70. The first-order valence-electron chi connectivity index (χ1n) is 5.36. The molecule has 0 aliphatic rings. The maximum absolute atomic E-state index is 11.8. The Morgan fingerprint density at radius 3 is 2.63 bits per heavy atom. The van der Waals surface area contributed by atoms with E-state index in [-0.39, 0.29) is 23.5 Å². The molecule has 19 heavy (non-hydrogen) atoms. The number of carbonyl (C=O) groups excluding carboxylic acids is 1. The second-order valence-corrected chi connectivity index (χ2v) is 4.51. The minimum absolute atomic E-state index is 0.0592. The minimum atomic E-state index is -0.705. The molecule has 0 aliphatic carbocycles. The number of hydrogen-bond donors (Lipinski definition) is 0. The molecular weight excluding hydrogens is 316 g/mol. The standard InChI is InChI=1S/C11H9BrN4O3/c12-10-13-11(16(18)19)14-15(10)7-9(17)6-8-4-2-1-3-5-8/h1-5H,6-7H2. The molecule has 0 fully saturated rings. The molecule has 7 nitrogen and oxygen atoms in total. The Bertz CT molecular complexity index is 612. The highest BCUT2D eigenvalue weighted by Crippen LogP contribution is 2.12. The fraction of sp³-hybridized carbons (Fsp3) is 0.182. The number of benzene rings is 1. The van der Waals surface area contributed by atoms with E-state index in [0.717, 1.165) is 5.56 Å². The third kappa shape index (κ3) is 3.44. The fourth-order valence-corrected chi connectivity index (χ4v) is 1.90. The van der Waals surface area contributed by atoms with Crippen LogP contribution in [-0.2, 0) is 17.8 Å². The topological polar surface area (TPSA) is 90.9 Å². The quantitative estimate of drug-likeness (QED) is 0.617. The zero-order chi connectivity index (χ0) is 13.8. The molecule has 1 heterocycles. The molecule has 2 rings (SSSR count). The average Bonchev–Trinajstić information content (AvgIpc) is 2.72. The van der Waals surface area contributed by atoms with E-state index in [9.17, 15) is 14.9 Å². The summed E-state index contributed by atoms with van der Waals surface area (Å²) in [6.45, 7) is -0.0592. The predicted molar refractivity (Wildman–Crippen MR) is 69.5 cm³/mol. The molecule has 98 valence electrons. The SMILES string of the molecule is O=C(Cc1ccccc1)Cn1nc([N+](=O)[O-])nc1Br. The molecule has 0 N–H and O–H groups in total. The van der Waals surface area contributed by atoms with Gasteiger partial charge in [0.05, 0.1) is 0 Å². The van der Waals surface area contributed by atoms with Crippen LogP contribution in [0.1, 0.15) is 5.56 Å². The van der Waals surface area contributed by atoms with Crippen molar-refractivity contribution in [1.82, 2.24) is 14.8 Å². The molecular formula is C11H9BrN4O3. The van der Waals surface area contributed by atoms with E-state index in [2.05, 4.69) is 26.0 Å². The summed E-state index contributed by atoms with van der Waals surface area (Å²) in [5.74, 6) is -0.633. The van der Waals surface area contributed by atoms with E-state index >= 15 is 0 Å². The Labute approximate surface area is 116 Å². The average molecular weight is 325 g/mol. The van der Waals surface area contributed by atoms with Crippen LogP contribution in [-0.4, -0.2) is 25.5 Å². The van der Waals surface area contributed by atoms with Gasteiger partial charge in [0.15, 0.2) is 5.78 Å². The summed E-state index contributed by atoms with van der Waals surface area (Å²) in [6.07, 6.45) is 0.251. The van der Waals surface area contributed by atoms with Crippen LogP contribution in [0.4, 0.5) is 5.95 Å². The summed E-state index contributed by atoms with van der Waals surface area (Å²) in [4.78, 5) is 25.2. The van der Waals surface area contributed by atoms with Gasteiger partial charge in [-0.25, -0.2) is 0 Å². The molecule has 0 aliphatic heterocycles. The van der Waals surface area contributed by atoms with Crippen LogP contribution in [0.3, 0.4) is 0 Å². The molecule has 1 aromatic heterocycles. The lowest BCUT2D eigenvalue weighted by molar-refractivity contribution is -0.394. The van der Waals surface area contributed by atoms with E-state index in [0.29, 0.717) is 0 Å². The fourth-order valence-electron chi connectivity index (χ4n) is 1.54. The summed E-state index contributed by atoms with van der Waals surface area (Å²) in [5.41, 5.74) is 0.887. The van der Waals surface area contributed by atoms with E-state index in [1.54, 1.807) is 0 Å². The van der Waals surface area contributed by atoms with Gasteiger partial charge in [0.2, 0.25) is 0 Å². The Morgan fingerprint density at radius 1 is 1.37 bits per heavy atom. The van der Waals surface area contributed by atoms with Crippen LogP contribution in [0.5, 0.6) is 0 Å². The summed E-state index contributed by atoms with van der Waals surface area (Å²) < 4.78 is 1.34. The first-order valence-corrected chi connectivity index (χ1v) is 6.16. The molecule has 0 atom stereocenters. The normalized spacial score (nSPS) is 10.4. The van der Waals surface area contributed by atoms with Crippen LogP contribution in [0.2, 0.25) is 0 Å². The molecule has 2 aromatic rings. The van der Waals surface area contributed by atoms with Crippen LogP contribution < -0.4 is 0 Å². The van der Waals surface area contributed by atoms with Crippen molar-refractivity contribution >= 4 is 27.7 Å². The van der Waals surface area contributed by atoms with Crippen LogP contribution >= 0.6 is 15.9 Å². The maximum atomic E-state index is 11.8. The molecule has 0 saturated heterocycles. The first kappa shape index (κ1) is 13.3. The molecule has 0 saturated carbocycles. The van der Waals surface area contributed by atoms with Crippen molar-refractivity contribution in [3.05, 3.63) is 50.7 Å². The van der Waals surface area contributed by atoms with E-state index in [1.807, 2.05) is 30.3 Å². The zero-order valence-corrected chi connectivity index (χ0v) is 11.3. The summed E-state index contributed by atoms with van der Waals surface area (Å²) >= 11 is 3.03. The summed E-state index contributed by atoms with van der Waals surface area (Å²) in [5, 5.41) is 14.1. The molecule has 0 bridgehead atoms. The molecule has 8 heteroatoms. The van der Waals surface area contributed by atoms with Gasteiger partial charge in [-0.3, -0.25) is 4.79 Å². The van der Waals surface area contributed by atoms with Crippen molar-refractivity contribution in [1.29, 1.82) is 0 Å². The number of rotatable bonds is 5. The van der Waals surface area contributed by atoms with Crippen molar-refractivity contribution < 1.29 is 9.72 Å². The maximum Gasteiger partial charge on any atom is 0.492 e. The monoisotopic (exact) mass is 324 g/mol. The molecule has 0 unspecified atom stereocenters. The van der Waals surface area contributed by atoms with Gasteiger partial charge in [-0.1, -0.05) is 30.3 Å². The number of aromatic nitrogens is 3. The van der Waals surface area contributed by atoms with Crippen molar-refractivity contribution in [3.63, 3.8) is 0 Å². The van der Waals surface area contributed by atoms with Gasteiger partial charge in [0.25, 0.3) is 4.73 Å². The van der Waals surface area contributed by atoms with Crippen molar-refractivity contribution in [2.45, 2.75) is 13.0 Å². The van der Waals surface area contributed by atoms with Crippen LogP contribution in [0.15, 0.2) is 35.1 Å². The lowest BCUT2D eigenvalue weighted by atomic mass is 10.1. The number of ketones is 1. The highest BCUT2D eigenvalue weighted by atomic mass is 79.9. The van der Waals surface area contributed by atoms with Crippen molar-refractivity contribution in [3.8, 4) is 0 Å². The number of hydrogen-bond acceptors (Lipinski definition) is 5. The third-order valence-corrected chi connectivity index (χ3v) is 2.94. The number of nitro groups is 1. The highest BCUT2D eigenvalue weighted by Gasteiger charge is 2.21. The smallest absolute Gasteiger partial charge is 0.390 e. The van der Waals surface area contributed by atoms with Gasteiger partial charge in [-0.05, 0) is 15.5 Å². The molecule has 0 spiro atoms. The number of carbonyl (C=O) groups is 1. The Morgan fingerprint density at radius 2 is 2.05 bits per heavy atom. The van der Waals surface area contributed by atoms with Gasteiger partial charge in [0, 0.05) is 27.4 Å². The first-order chi connectivity index (χ1) is 9.06. The third-order valence-electron chi connectivity index (χ3n) is 2.35. The second-order valence-electron chi connectivity index (χ2n) is 3.80. The van der Waals surface area contributed by atoms with Gasteiger partial charge in [0.1, 0.15) is 6.54 Å². The Kier molecular flexibility index (Phi) is 4.00. The lowest BCUT2D eigenvalue weighted by Crippen LogP contribution is -2.14. The summed E-state index contributed by atoms with van der Waals surface area (Å²) in [6, 6.07) is 9.25. The lowest BCUT2D eigenvalue weighted by Gasteiger charge is -1.99. The Balaban J connectivity index is 2.05. The molecule has 1 aromatic carbocycles. The number of halogens is 1. The van der Waals surface area contributed by atoms with Gasteiger partial charge < -0.3 is 10.1 Å². The molecule has 0 radical (unpaired) electrons. The highest BCUT2D eigenvalue weighted by molar-refractivity contribution is 9.10. The Hall–Kier alpha value is -2.09. The zero-order valence-electron chi connectivity index (χ0n) is 9.69. The van der Waals surface area contributed by atoms with Gasteiger partial charge in [-0.15, -0.1) is 0 Å². The largest absolute Gasteiger partial charge is 0.492 e. The minimum Gasteiger partial charge on any atom is -0.390 e. The predicted octanol–water partition coefficient (Wildman–Crippen LogP) is 1.76. The molecule has 0 amide bonds. The summed E-state index contributed by atoms with van der Waals surface area (Å²) in [7, 11) is 0. The van der Waals surface area contributed by atoms with Crippen molar-refractivity contribution in [2.75, 3.05) is 0 Å². The van der Waals surface area contributed by atoms with E-state index < -0.39 is 10.9 Å². The van der Waals surface area contributed by atoms with E-state index in [4.69, 9.17) is 0 Å². The van der Waals surface area contributed by atoms with Crippen LogP contribution in [0.25, 0.3) is 0 Å². The van der Waals surface area contributed by atoms with Gasteiger partial charge in [-0.2, -0.15) is 4.68 Å².